The van der Waals surface area contributed by atoms with Gasteiger partial charge in [0.2, 0.25) is 5.84 Å². The third-order valence-electron chi connectivity index (χ3n) is 7.41. The topological polar surface area (TPSA) is 126 Å². The highest BCUT2D eigenvalue weighted by atomic mass is 16.2. The summed E-state index contributed by atoms with van der Waals surface area (Å²) in [6.45, 7) is 15.2. The molecule has 10 nitrogen and oxygen atoms in total. The van der Waals surface area contributed by atoms with E-state index in [1.807, 2.05) is 54.2 Å². The number of nitrogens with one attached hydrogen (secondary N) is 1. The molecule has 0 aromatic carbocycles. The maximum atomic E-state index is 12.6. The number of amidine groups is 1. The van der Waals surface area contributed by atoms with Crippen molar-refractivity contribution in [3.05, 3.63) is 78.9 Å². The lowest BCUT2D eigenvalue weighted by Crippen LogP contribution is -2.44. The number of piperidine rings is 1. The first-order valence-electron chi connectivity index (χ1n) is 13.3. The van der Waals surface area contributed by atoms with E-state index in [0.717, 1.165) is 76.5 Å². The second-order valence-electron chi connectivity index (χ2n) is 9.76. The van der Waals surface area contributed by atoms with Crippen molar-refractivity contribution in [1.29, 1.82) is 0 Å². The molecule has 10 heteroatoms. The lowest BCUT2D eigenvalue weighted by molar-refractivity contribution is -0.125. The number of likely N-dealkylation sites (tertiary alicyclic amines) is 1. The summed E-state index contributed by atoms with van der Waals surface area (Å²) in [5.41, 5.74) is 13.3. The molecule has 3 aromatic heterocycles. The molecule has 0 atom stereocenters. The smallest absolute Gasteiger partial charge is 0.290 e. The van der Waals surface area contributed by atoms with Crippen molar-refractivity contribution in [3.8, 4) is 11.1 Å². The minimum Gasteiger partial charge on any atom is -0.378 e. The molecular formula is C30H33N9O. The van der Waals surface area contributed by atoms with Gasteiger partial charge in [0.1, 0.15) is 5.82 Å². The Hall–Kier alpha value is -4.86. The molecule has 0 aliphatic carbocycles. The molecule has 0 radical (unpaired) electrons. The van der Waals surface area contributed by atoms with E-state index in [-0.39, 0.29) is 17.7 Å². The third-order valence-corrected chi connectivity index (χ3v) is 7.41. The van der Waals surface area contributed by atoms with Gasteiger partial charge in [-0.25, -0.2) is 4.98 Å². The molecule has 2 aliphatic rings. The van der Waals surface area contributed by atoms with Crippen LogP contribution in [0.2, 0.25) is 0 Å². The average molecular weight is 536 g/mol. The van der Waals surface area contributed by atoms with Crippen LogP contribution in [0.1, 0.15) is 49.1 Å². The summed E-state index contributed by atoms with van der Waals surface area (Å²) in [6.07, 6.45) is 13.7. The second kappa shape index (κ2) is 11.5. The van der Waals surface area contributed by atoms with E-state index in [2.05, 4.69) is 35.4 Å². The van der Waals surface area contributed by atoms with E-state index in [1.165, 1.54) is 0 Å². The van der Waals surface area contributed by atoms with Crippen molar-refractivity contribution < 1.29 is 4.79 Å². The van der Waals surface area contributed by atoms with Gasteiger partial charge in [-0.1, -0.05) is 43.5 Å². The number of anilines is 1. The fourth-order valence-electron chi connectivity index (χ4n) is 5.34. The fraction of sp³-hybridized carbons (Fsp3) is 0.267. The standard InChI is InChI=1S/C30H33N9O/c1-5-7-8-20(6-2)24-10-9-22(17-34-24)23-18-35-39-28(23)36-26(25-19(3)11-14-33-29(25)39)21-12-15-38(16-13-21)30(40)27(31)37-32-4/h5-10,17-18,21,33H,1,3-4,11-16H2,2H3,(H2,31,37)/b8-7-,20-6+. The highest BCUT2D eigenvalue weighted by Gasteiger charge is 2.32. The summed E-state index contributed by atoms with van der Waals surface area (Å²) >= 11 is 0. The maximum absolute atomic E-state index is 12.6. The van der Waals surface area contributed by atoms with Crippen LogP contribution in [0.5, 0.6) is 0 Å². The predicted molar refractivity (Wildman–Crippen MR) is 161 cm³/mol. The molecule has 2 aliphatic heterocycles. The lowest BCUT2D eigenvalue weighted by atomic mass is 9.87. The van der Waals surface area contributed by atoms with Gasteiger partial charge in [-0.15, -0.1) is 5.10 Å². The number of nitrogens with zero attached hydrogens (tertiary/aromatic N) is 7. The summed E-state index contributed by atoms with van der Waals surface area (Å²) in [5.74, 6) is 0.583. The molecule has 3 N–H and O–H groups in total. The number of fused-ring (bicyclic) bond motifs is 3. The number of pyridine rings is 1. The molecule has 0 bridgehead atoms. The second-order valence-corrected chi connectivity index (χ2v) is 9.76. The van der Waals surface area contributed by atoms with Crippen LogP contribution < -0.4 is 11.1 Å². The number of aromatic nitrogens is 4. The van der Waals surface area contributed by atoms with Crippen LogP contribution in [0.25, 0.3) is 27.9 Å². The van der Waals surface area contributed by atoms with Gasteiger partial charge in [-0.2, -0.15) is 14.7 Å². The van der Waals surface area contributed by atoms with E-state index in [1.54, 1.807) is 11.0 Å². The number of hydrogen-bond donors (Lipinski definition) is 2. The molecule has 1 amide bonds. The van der Waals surface area contributed by atoms with E-state index in [0.29, 0.717) is 13.1 Å². The summed E-state index contributed by atoms with van der Waals surface area (Å²) < 4.78 is 1.87. The number of hydrogen-bond acceptors (Lipinski definition) is 7. The molecule has 1 saturated heterocycles. The van der Waals surface area contributed by atoms with Gasteiger partial charge in [-0.3, -0.25) is 9.78 Å². The van der Waals surface area contributed by atoms with Gasteiger partial charge < -0.3 is 16.0 Å². The van der Waals surface area contributed by atoms with Crippen molar-refractivity contribution in [1.82, 2.24) is 24.5 Å². The van der Waals surface area contributed by atoms with Crippen LogP contribution in [-0.2, 0) is 4.79 Å². The molecule has 0 spiro atoms. The van der Waals surface area contributed by atoms with Crippen LogP contribution in [0, 0.1) is 0 Å². The summed E-state index contributed by atoms with van der Waals surface area (Å²) in [5, 5.41) is 15.2. The lowest BCUT2D eigenvalue weighted by Gasteiger charge is -2.33. The normalized spacial score (nSPS) is 16.7. The molecule has 0 saturated carbocycles. The van der Waals surface area contributed by atoms with Gasteiger partial charge >= 0.3 is 0 Å². The number of carbonyl (C=O) groups excluding carboxylic acids is 1. The third kappa shape index (κ3) is 4.95. The minimum absolute atomic E-state index is 0.146. The van der Waals surface area contributed by atoms with Crippen LogP contribution in [-0.4, -0.2) is 62.6 Å². The van der Waals surface area contributed by atoms with Gasteiger partial charge in [0.25, 0.3) is 5.91 Å². The van der Waals surface area contributed by atoms with Gasteiger partial charge in [-0.05, 0) is 43.4 Å². The largest absolute Gasteiger partial charge is 0.378 e. The minimum atomic E-state index is -0.322. The zero-order valence-corrected chi connectivity index (χ0v) is 22.7. The highest BCUT2D eigenvalue weighted by Crippen LogP contribution is 2.40. The van der Waals surface area contributed by atoms with Crippen molar-refractivity contribution in [2.75, 3.05) is 25.0 Å². The van der Waals surface area contributed by atoms with Gasteiger partial charge in [0, 0.05) is 55.2 Å². The Morgan fingerprint density at radius 2 is 2.05 bits per heavy atom. The van der Waals surface area contributed by atoms with Crippen LogP contribution >= 0.6 is 0 Å². The molecule has 40 heavy (non-hydrogen) atoms. The van der Waals surface area contributed by atoms with E-state index in [9.17, 15) is 4.79 Å². The zero-order chi connectivity index (χ0) is 28.2. The van der Waals surface area contributed by atoms with Crippen LogP contribution in [0.4, 0.5) is 5.82 Å². The molecule has 1 fully saturated rings. The number of rotatable bonds is 6. The number of nitrogens with two attached hydrogens (primary N) is 1. The molecule has 204 valence electrons. The van der Waals surface area contributed by atoms with Crippen molar-refractivity contribution in [3.63, 3.8) is 0 Å². The first kappa shape index (κ1) is 26.7. The number of amides is 1. The molecule has 5 heterocycles. The van der Waals surface area contributed by atoms with E-state index in [4.69, 9.17) is 20.8 Å². The van der Waals surface area contributed by atoms with Gasteiger partial charge in [0.05, 0.1) is 17.6 Å². The molecular weight excluding hydrogens is 502 g/mol. The SMILES string of the molecule is C=C/C=C\C(=C/C)c1ccc(-c2cnn3c4c(c(C5CCN(C(=O)/C(N)=N/N=C)CC5)nc23)C(=C)CCN4)cn1. The Morgan fingerprint density at radius 3 is 2.73 bits per heavy atom. The summed E-state index contributed by atoms with van der Waals surface area (Å²) in [4.78, 5) is 24.2. The Labute approximate surface area is 233 Å². The number of carbonyl (C=O) groups is 1. The quantitative estimate of drug-likeness (QED) is 0.208. The van der Waals surface area contributed by atoms with Crippen molar-refractivity contribution >= 4 is 41.1 Å². The molecule has 3 aromatic rings. The molecule has 5 rings (SSSR count). The number of allylic oxidation sites excluding steroid dienone is 5. The van der Waals surface area contributed by atoms with Crippen LogP contribution in [0.15, 0.2) is 72.2 Å². The van der Waals surface area contributed by atoms with Crippen LogP contribution in [0.3, 0.4) is 0 Å². The van der Waals surface area contributed by atoms with Crippen molar-refractivity contribution in [2.45, 2.75) is 32.1 Å². The average Bonchev–Trinajstić information content (AvgIpc) is 3.42. The first-order valence-corrected chi connectivity index (χ1v) is 13.3. The van der Waals surface area contributed by atoms with Gasteiger partial charge in [0.15, 0.2) is 5.65 Å². The highest BCUT2D eigenvalue weighted by molar-refractivity contribution is 6.37. The Balaban J connectivity index is 1.51. The summed E-state index contributed by atoms with van der Waals surface area (Å²) in [6, 6.07) is 4.05. The fourth-order valence-corrected chi connectivity index (χ4v) is 5.34. The first-order chi connectivity index (χ1) is 19.5. The van der Waals surface area contributed by atoms with E-state index >= 15 is 0 Å². The van der Waals surface area contributed by atoms with Crippen molar-refractivity contribution in [2.24, 2.45) is 15.9 Å². The monoisotopic (exact) mass is 535 g/mol. The Kier molecular flexibility index (Phi) is 7.68. The predicted octanol–water partition coefficient (Wildman–Crippen LogP) is 4.44. The van der Waals surface area contributed by atoms with E-state index < -0.39 is 0 Å². The zero-order valence-electron chi connectivity index (χ0n) is 22.7. The molecule has 0 unspecified atom stereocenters. The Morgan fingerprint density at radius 1 is 1.25 bits per heavy atom. The Bertz CT molecular complexity index is 1570. The summed E-state index contributed by atoms with van der Waals surface area (Å²) in [7, 11) is 0. The maximum Gasteiger partial charge on any atom is 0.290 e.